The van der Waals surface area contributed by atoms with Crippen LogP contribution in [0.1, 0.15) is 0 Å². The van der Waals surface area contributed by atoms with Crippen molar-refractivity contribution in [2.75, 3.05) is 0 Å². The van der Waals surface area contributed by atoms with E-state index in [0.717, 1.165) is 18.2 Å². The molecule has 68 valence electrons. The second kappa shape index (κ2) is 4.30. The molecule has 3 N–H and O–H groups in total. The number of hydrogen-bond acceptors (Lipinski definition) is 4. The summed E-state index contributed by atoms with van der Waals surface area (Å²) in [5.41, 5.74) is 0. The number of phenolic OH excluding ortho intramolecular Hbond substituents is 2. The summed E-state index contributed by atoms with van der Waals surface area (Å²) in [7, 11) is -4.31. The molecule has 0 atom stereocenters. The van der Waals surface area contributed by atoms with Gasteiger partial charge in [-0.2, -0.15) is 8.42 Å². The van der Waals surface area contributed by atoms with Gasteiger partial charge in [0, 0.05) is 6.07 Å². The average Bonchev–Trinajstić information content (AvgIpc) is 1.92. The summed E-state index contributed by atoms with van der Waals surface area (Å²) < 4.78 is 29.4. The zero-order valence-electron chi connectivity index (χ0n) is 5.80. The Morgan fingerprint density at radius 3 is 2.00 bits per heavy atom. The fraction of sp³-hybridized carbons (Fsp3) is 0. The van der Waals surface area contributed by atoms with Gasteiger partial charge in [-0.1, -0.05) is 0 Å². The summed E-state index contributed by atoms with van der Waals surface area (Å²) in [6, 6.07) is 2.70. The molecule has 0 saturated carbocycles. The third-order valence-electron chi connectivity index (χ3n) is 1.24. The van der Waals surface area contributed by atoms with E-state index < -0.39 is 26.5 Å². The molecular weight excluding hydrogens is 207 g/mol. The van der Waals surface area contributed by atoms with Crippen LogP contribution in [0.25, 0.3) is 0 Å². The van der Waals surface area contributed by atoms with E-state index in [-0.39, 0.29) is 29.6 Å². The van der Waals surface area contributed by atoms with Crippen molar-refractivity contribution < 1.29 is 23.2 Å². The molecule has 0 heterocycles. The molecule has 0 amide bonds. The fourth-order valence-corrected chi connectivity index (χ4v) is 1.16. The molecule has 1 aromatic carbocycles. The van der Waals surface area contributed by atoms with Crippen molar-refractivity contribution in [3.63, 3.8) is 0 Å². The molecule has 0 aromatic heterocycles. The maximum absolute atomic E-state index is 10.5. The Hall–Kier alpha value is -0.270. The molecule has 0 saturated heterocycles. The van der Waals surface area contributed by atoms with Crippen LogP contribution in [0.3, 0.4) is 0 Å². The van der Waals surface area contributed by atoms with Gasteiger partial charge in [0.05, 0.1) is 4.90 Å². The average molecular weight is 214 g/mol. The summed E-state index contributed by atoms with van der Waals surface area (Å²) >= 11 is 0. The molecule has 0 radical (unpaired) electrons. The van der Waals surface area contributed by atoms with Gasteiger partial charge in [0.2, 0.25) is 0 Å². The Bertz CT molecular complexity index is 399. The van der Waals surface area contributed by atoms with Gasteiger partial charge in [-0.15, -0.1) is 0 Å². The molecule has 7 heteroatoms. The predicted octanol–water partition coefficient (Wildman–Crippen LogP) is -0.304. The summed E-state index contributed by atoms with van der Waals surface area (Å²) in [5.74, 6) is -1.03. The predicted molar refractivity (Wildman–Crippen MR) is 46.7 cm³/mol. The molecule has 1 aromatic rings. The fourth-order valence-electron chi connectivity index (χ4n) is 0.664. The minimum atomic E-state index is -4.31. The normalized spacial score (nSPS) is 10.5. The molecule has 0 aliphatic heterocycles. The Kier molecular flexibility index (Phi) is 4.21. The van der Waals surface area contributed by atoms with E-state index in [0.29, 0.717) is 0 Å². The first kappa shape index (κ1) is 12.7. The maximum atomic E-state index is 10.5. The molecule has 0 unspecified atom stereocenters. The van der Waals surface area contributed by atoms with Crippen molar-refractivity contribution in [3.05, 3.63) is 18.2 Å². The summed E-state index contributed by atoms with van der Waals surface area (Å²) in [6.45, 7) is 0. The SMILES string of the molecule is O=S(=O)(O)c1ccc(O)c(O)c1.[NaH]. The molecule has 0 aliphatic carbocycles. The first-order valence-electron chi connectivity index (χ1n) is 2.91. The first-order valence-corrected chi connectivity index (χ1v) is 4.35. The first-order chi connectivity index (χ1) is 5.41. The molecule has 0 spiro atoms. The van der Waals surface area contributed by atoms with Crippen LogP contribution in [0.4, 0.5) is 0 Å². The van der Waals surface area contributed by atoms with Crippen molar-refractivity contribution in [1.29, 1.82) is 0 Å². The molecule has 0 aliphatic rings. The second-order valence-electron chi connectivity index (χ2n) is 2.13. The van der Waals surface area contributed by atoms with Crippen molar-refractivity contribution in [2.24, 2.45) is 0 Å². The van der Waals surface area contributed by atoms with Crippen LogP contribution < -0.4 is 0 Å². The van der Waals surface area contributed by atoms with Gasteiger partial charge in [0.15, 0.2) is 11.5 Å². The van der Waals surface area contributed by atoms with Gasteiger partial charge in [-0.05, 0) is 12.1 Å². The Morgan fingerprint density at radius 1 is 1.08 bits per heavy atom. The molecule has 0 bridgehead atoms. The second-order valence-corrected chi connectivity index (χ2v) is 3.55. The van der Waals surface area contributed by atoms with Gasteiger partial charge in [0.25, 0.3) is 10.1 Å². The monoisotopic (exact) mass is 214 g/mol. The number of phenols is 2. The topological polar surface area (TPSA) is 94.8 Å². The van der Waals surface area contributed by atoms with Crippen molar-refractivity contribution in [3.8, 4) is 11.5 Å². The number of hydrogen-bond donors (Lipinski definition) is 3. The van der Waals surface area contributed by atoms with Crippen LogP contribution in [-0.2, 0) is 10.1 Å². The van der Waals surface area contributed by atoms with Gasteiger partial charge in [0.1, 0.15) is 0 Å². The van der Waals surface area contributed by atoms with Crippen LogP contribution in [0, 0.1) is 0 Å². The van der Waals surface area contributed by atoms with E-state index in [2.05, 4.69) is 0 Å². The third-order valence-corrected chi connectivity index (χ3v) is 2.09. The Balaban J connectivity index is 0.00000144. The van der Waals surface area contributed by atoms with Crippen LogP contribution in [0.5, 0.6) is 11.5 Å². The van der Waals surface area contributed by atoms with Crippen LogP contribution >= 0.6 is 0 Å². The molecular formula is C6H7NaO5S. The standard InChI is InChI=1S/C6H6O5S.Na.H/c7-5-2-1-4(3-6(5)8)12(9,10)11;;/h1-3,7-8H,(H,9,10,11);;. The van der Waals surface area contributed by atoms with Crippen molar-refractivity contribution >= 4 is 39.7 Å². The van der Waals surface area contributed by atoms with E-state index >= 15 is 0 Å². The molecule has 5 nitrogen and oxygen atoms in total. The van der Waals surface area contributed by atoms with Crippen molar-refractivity contribution in [1.82, 2.24) is 0 Å². The van der Waals surface area contributed by atoms with E-state index in [1.165, 1.54) is 0 Å². The van der Waals surface area contributed by atoms with E-state index in [1.54, 1.807) is 0 Å². The minimum absolute atomic E-state index is 0. The van der Waals surface area contributed by atoms with Gasteiger partial charge >= 0.3 is 29.6 Å². The van der Waals surface area contributed by atoms with Crippen LogP contribution in [-0.4, -0.2) is 52.7 Å². The van der Waals surface area contributed by atoms with E-state index in [1.807, 2.05) is 0 Å². The summed E-state index contributed by atoms with van der Waals surface area (Å²) in [6.07, 6.45) is 0. The van der Waals surface area contributed by atoms with Crippen molar-refractivity contribution in [2.45, 2.75) is 4.90 Å². The zero-order chi connectivity index (χ0) is 9.35. The Labute approximate surface area is 97.1 Å². The van der Waals surface area contributed by atoms with Gasteiger partial charge in [-0.25, -0.2) is 0 Å². The van der Waals surface area contributed by atoms with E-state index in [9.17, 15) is 8.42 Å². The summed E-state index contributed by atoms with van der Waals surface area (Å²) in [5, 5.41) is 17.6. The van der Waals surface area contributed by atoms with Crippen LogP contribution in [0.15, 0.2) is 23.1 Å². The van der Waals surface area contributed by atoms with E-state index in [4.69, 9.17) is 14.8 Å². The number of aromatic hydroxyl groups is 2. The summed E-state index contributed by atoms with van der Waals surface area (Å²) in [4.78, 5) is -0.460. The van der Waals surface area contributed by atoms with Gasteiger partial charge in [-0.3, -0.25) is 4.55 Å². The third kappa shape index (κ3) is 3.17. The Morgan fingerprint density at radius 2 is 1.62 bits per heavy atom. The zero-order valence-corrected chi connectivity index (χ0v) is 6.61. The molecule has 13 heavy (non-hydrogen) atoms. The molecule has 1 rings (SSSR count). The quantitative estimate of drug-likeness (QED) is 0.339. The number of rotatable bonds is 1. The number of benzene rings is 1. The molecule has 0 fully saturated rings. The van der Waals surface area contributed by atoms with Gasteiger partial charge < -0.3 is 10.2 Å². The van der Waals surface area contributed by atoms with Crippen LogP contribution in [0.2, 0.25) is 0 Å².